The molecule has 0 unspecified atom stereocenters. The van der Waals surface area contributed by atoms with Crippen LogP contribution in [0.15, 0.2) is 41.0 Å². The Morgan fingerprint density at radius 2 is 2.05 bits per heavy atom. The van der Waals surface area contributed by atoms with Gasteiger partial charge in [-0.25, -0.2) is 9.97 Å². The standard InChI is InChI=1S/C15H11BrClN3/c1-8-3-2-4-12(17)13(8)9-5-10-7-19-15(18)20-14(10)11(16)6-9/h2-7H,1H3,(H2,18,19,20). The third kappa shape index (κ3) is 2.25. The molecule has 2 N–H and O–H groups in total. The molecular weight excluding hydrogens is 338 g/mol. The van der Waals surface area contributed by atoms with Crippen LogP contribution in [0.25, 0.3) is 22.0 Å². The number of halogens is 2. The predicted molar refractivity (Wildman–Crippen MR) is 86.8 cm³/mol. The molecule has 0 aliphatic rings. The van der Waals surface area contributed by atoms with Crippen molar-refractivity contribution in [1.82, 2.24) is 9.97 Å². The lowest BCUT2D eigenvalue weighted by molar-refractivity contribution is 1.23. The number of nitrogens with zero attached hydrogens (tertiary/aromatic N) is 2. The highest BCUT2D eigenvalue weighted by atomic mass is 79.9. The molecule has 20 heavy (non-hydrogen) atoms. The van der Waals surface area contributed by atoms with Gasteiger partial charge in [0.05, 0.1) is 5.52 Å². The van der Waals surface area contributed by atoms with Gasteiger partial charge in [-0.15, -0.1) is 0 Å². The first-order valence-corrected chi connectivity index (χ1v) is 7.20. The number of fused-ring (bicyclic) bond motifs is 1. The fraction of sp³-hybridized carbons (Fsp3) is 0.0667. The number of anilines is 1. The van der Waals surface area contributed by atoms with Crippen LogP contribution in [0.5, 0.6) is 0 Å². The summed E-state index contributed by atoms with van der Waals surface area (Å²) in [4.78, 5) is 8.28. The quantitative estimate of drug-likeness (QED) is 0.699. The average molecular weight is 349 g/mol. The zero-order chi connectivity index (χ0) is 14.3. The SMILES string of the molecule is Cc1cccc(Cl)c1-c1cc(Br)c2nc(N)ncc2c1. The summed E-state index contributed by atoms with van der Waals surface area (Å²) in [7, 11) is 0. The van der Waals surface area contributed by atoms with Crippen LogP contribution in [-0.4, -0.2) is 9.97 Å². The second-order valence-corrected chi connectivity index (χ2v) is 5.82. The Balaban J connectivity index is 2.31. The fourth-order valence-electron chi connectivity index (χ4n) is 2.26. The smallest absolute Gasteiger partial charge is 0.220 e. The van der Waals surface area contributed by atoms with E-state index in [0.717, 1.165) is 37.1 Å². The Morgan fingerprint density at radius 1 is 1.25 bits per heavy atom. The zero-order valence-corrected chi connectivity index (χ0v) is 13.0. The normalized spacial score (nSPS) is 10.9. The number of nitrogens with two attached hydrogens (primary N) is 1. The third-order valence-corrected chi connectivity index (χ3v) is 4.09. The average Bonchev–Trinajstić information content (AvgIpc) is 2.39. The summed E-state index contributed by atoms with van der Waals surface area (Å²) in [6.45, 7) is 2.04. The van der Waals surface area contributed by atoms with E-state index < -0.39 is 0 Å². The van der Waals surface area contributed by atoms with E-state index in [-0.39, 0.29) is 5.95 Å². The van der Waals surface area contributed by atoms with E-state index in [4.69, 9.17) is 17.3 Å². The molecule has 1 heterocycles. The highest BCUT2D eigenvalue weighted by Gasteiger charge is 2.11. The summed E-state index contributed by atoms with van der Waals surface area (Å²) in [5.41, 5.74) is 9.60. The van der Waals surface area contributed by atoms with Crippen molar-refractivity contribution < 1.29 is 0 Å². The molecule has 0 aliphatic heterocycles. The second kappa shape index (κ2) is 5.04. The molecule has 0 saturated heterocycles. The largest absolute Gasteiger partial charge is 0.368 e. The molecule has 0 saturated carbocycles. The number of benzene rings is 2. The van der Waals surface area contributed by atoms with Gasteiger partial charge in [-0.1, -0.05) is 23.7 Å². The van der Waals surface area contributed by atoms with Crippen molar-refractivity contribution in [3.8, 4) is 11.1 Å². The highest BCUT2D eigenvalue weighted by Crippen LogP contribution is 2.35. The lowest BCUT2D eigenvalue weighted by Crippen LogP contribution is -1.95. The lowest BCUT2D eigenvalue weighted by atomic mass is 9.99. The van der Waals surface area contributed by atoms with E-state index in [1.165, 1.54) is 0 Å². The maximum Gasteiger partial charge on any atom is 0.220 e. The van der Waals surface area contributed by atoms with E-state index in [1.54, 1.807) is 6.20 Å². The molecule has 0 radical (unpaired) electrons. The Labute approximate surface area is 129 Å². The summed E-state index contributed by atoms with van der Waals surface area (Å²) in [5, 5.41) is 1.65. The van der Waals surface area contributed by atoms with Gasteiger partial charge in [0.2, 0.25) is 5.95 Å². The van der Waals surface area contributed by atoms with E-state index in [9.17, 15) is 0 Å². The highest BCUT2D eigenvalue weighted by molar-refractivity contribution is 9.10. The van der Waals surface area contributed by atoms with Gasteiger partial charge in [0, 0.05) is 26.6 Å². The number of aromatic nitrogens is 2. The van der Waals surface area contributed by atoms with Crippen molar-refractivity contribution in [2.45, 2.75) is 6.92 Å². The number of rotatable bonds is 1. The van der Waals surface area contributed by atoms with Gasteiger partial charge in [0.25, 0.3) is 0 Å². The van der Waals surface area contributed by atoms with Gasteiger partial charge < -0.3 is 5.73 Å². The summed E-state index contributed by atoms with van der Waals surface area (Å²) < 4.78 is 0.874. The lowest BCUT2D eigenvalue weighted by Gasteiger charge is -2.10. The van der Waals surface area contributed by atoms with Crippen LogP contribution < -0.4 is 5.73 Å². The number of hydrogen-bond donors (Lipinski definition) is 1. The van der Waals surface area contributed by atoms with Gasteiger partial charge in [-0.2, -0.15) is 0 Å². The molecular formula is C15H11BrClN3. The molecule has 0 fully saturated rings. The fourth-order valence-corrected chi connectivity index (χ4v) is 3.15. The zero-order valence-electron chi connectivity index (χ0n) is 10.7. The molecule has 0 spiro atoms. The number of aryl methyl sites for hydroxylation is 1. The molecule has 3 nitrogen and oxygen atoms in total. The summed E-state index contributed by atoms with van der Waals surface area (Å²) in [5.74, 6) is 0.264. The Bertz CT molecular complexity index is 797. The maximum absolute atomic E-state index is 6.33. The van der Waals surface area contributed by atoms with Crippen LogP contribution >= 0.6 is 27.5 Å². The monoisotopic (exact) mass is 347 g/mol. The topological polar surface area (TPSA) is 51.8 Å². The summed E-state index contributed by atoms with van der Waals surface area (Å²) in [6, 6.07) is 9.90. The minimum absolute atomic E-state index is 0.264. The molecule has 5 heteroatoms. The Morgan fingerprint density at radius 3 is 2.80 bits per heavy atom. The second-order valence-electron chi connectivity index (χ2n) is 4.56. The van der Waals surface area contributed by atoms with Crippen LogP contribution in [0.1, 0.15) is 5.56 Å². The van der Waals surface area contributed by atoms with E-state index >= 15 is 0 Å². The summed E-state index contributed by atoms with van der Waals surface area (Å²) in [6.07, 6.45) is 1.72. The predicted octanol–water partition coefficient (Wildman–Crippen LogP) is 4.60. The molecule has 1 aromatic heterocycles. The van der Waals surface area contributed by atoms with Gasteiger partial charge in [0.1, 0.15) is 0 Å². The minimum atomic E-state index is 0.264. The van der Waals surface area contributed by atoms with Gasteiger partial charge in [-0.3, -0.25) is 0 Å². The Hall–Kier alpha value is -1.65. The number of hydrogen-bond acceptors (Lipinski definition) is 3. The van der Waals surface area contributed by atoms with E-state index in [1.807, 2.05) is 37.3 Å². The summed E-state index contributed by atoms with van der Waals surface area (Å²) >= 11 is 9.87. The minimum Gasteiger partial charge on any atom is -0.368 e. The molecule has 0 bridgehead atoms. The van der Waals surface area contributed by atoms with Crippen molar-refractivity contribution in [2.24, 2.45) is 0 Å². The molecule has 2 aromatic carbocycles. The van der Waals surface area contributed by atoms with Crippen LogP contribution in [0.2, 0.25) is 5.02 Å². The molecule has 3 rings (SSSR count). The van der Waals surface area contributed by atoms with Crippen molar-refractivity contribution in [3.05, 3.63) is 51.6 Å². The maximum atomic E-state index is 6.33. The van der Waals surface area contributed by atoms with Crippen LogP contribution in [-0.2, 0) is 0 Å². The van der Waals surface area contributed by atoms with Gasteiger partial charge in [0.15, 0.2) is 0 Å². The molecule has 0 atom stereocenters. The molecule has 0 aliphatic carbocycles. The molecule has 100 valence electrons. The van der Waals surface area contributed by atoms with Crippen molar-refractivity contribution in [1.29, 1.82) is 0 Å². The van der Waals surface area contributed by atoms with Crippen molar-refractivity contribution in [3.63, 3.8) is 0 Å². The van der Waals surface area contributed by atoms with E-state index in [0.29, 0.717) is 0 Å². The molecule has 0 amide bonds. The number of nitrogen functional groups attached to an aromatic ring is 1. The van der Waals surface area contributed by atoms with Crippen molar-refractivity contribution in [2.75, 3.05) is 5.73 Å². The van der Waals surface area contributed by atoms with Gasteiger partial charge >= 0.3 is 0 Å². The first kappa shape index (κ1) is 13.3. The van der Waals surface area contributed by atoms with Gasteiger partial charge in [-0.05, 0) is 52.2 Å². The van der Waals surface area contributed by atoms with Crippen LogP contribution in [0.3, 0.4) is 0 Å². The van der Waals surface area contributed by atoms with E-state index in [2.05, 4.69) is 25.9 Å². The van der Waals surface area contributed by atoms with Crippen LogP contribution in [0.4, 0.5) is 5.95 Å². The van der Waals surface area contributed by atoms with Crippen molar-refractivity contribution >= 4 is 44.4 Å². The van der Waals surface area contributed by atoms with Crippen LogP contribution in [0, 0.1) is 6.92 Å². The third-order valence-electron chi connectivity index (χ3n) is 3.17. The first-order chi connectivity index (χ1) is 9.56. The molecule has 3 aromatic rings. The Kier molecular flexibility index (Phi) is 3.36. The first-order valence-electron chi connectivity index (χ1n) is 6.03.